The number of H-pyrrole nitrogens is 1. The second-order valence-electron chi connectivity index (χ2n) is 6.01. The summed E-state index contributed by atoms with van der Waals surface area (Å²) in [6, 6.07) is 5.79. The molecule has 0 fully saturated rings. The van der Waals surface area contributed by atoms with Crippen LogP contribution in [0.1, 0.15) is 55.7 Å². The molecule has 0 saturated heterocycles. The smallest absolute Gasteiger partial charge is 0.291 e. The van der Waals surface area contributed by atoms with Crippen LogP contribution >= 0.6 is 0 Å². The number of nitrogens with zero attached hydrogens (tertiary/aromatic N) is 2. The van der Waals surface area contributed by atoms with Crippen molar-refractivity contribution in [2.24, 2.45) is 0 Å². The normalized spacial score (nSPS) is 13.0. The van der Waals surface area contributed by atoms with Gasteiger partial charge in [0.05, 0.1) is 6.04 Å². The van der Waals surface area contributed by atoms with E-state index in [0.717, 1.165) is 0 Å². The maximum Gasteiger partial charge on any atom is 0.291 e. The van der Waals surface area contributed by atoms with Crippen LogP contribution in [0.25, 0.3) is 0 Å². The highest BCUT2D eigenvalue weighted by Crippen LogP contribution is 2.18. The minimum Gasteiger partial charge on any atom is -0.343 e. The largest absolute Gasteiger partial charge is 0.343 e. The monoisotopic (exact) mass is 290 g/mol. The molecule has 0 radical (unpaired) electrons. The standard InChI is InChI=1S/C15H19FN4O/c1-9(10-6-5-7-11(16)8-10)17-13(21)12-18-14(20-19-12)15(2,3)4/h5-9H,1-4H3,(H,17,21)(H,18,19,20). The predicted octanol–water partition coefficient (Wildman–Crippen LogP) is 2.73. The van der Waals surface area contributed by atoms with Gasteiger partial charge in [-0.05, 0) is 24.6 Å². The van der Waals surface area contributed by atoms with Crippen LogP contribution in [0.5, 0.6) is 0 Å². The summed E-state index contributed by atoms with van der Waals surface area (Å²) in [6.45, 7) is 7.71. The molecule has 1 unspecified atom stereocenters. The number of rotatable bonds is 3. The summed E-state index contributed by atoms with van der Waals surface area (Å²) < 4.78 is 13.2. The highest BCUT2D eigenvalue weighted by atomic mass is 19.1. The highest BCUT2D eigenvalue weighted by molar-refractivity contribution is 5.90. The van der Waals surface area contributed by atoms with Crippen molar-refractivity contribution in [2.75, 3.05) is 0 Å². The first-order valence-electron chi connectivity index (χ1n) is 6.76. The Labute approximate surface area is 123 Å². The van der Waals surface area contributed by atoms with Gasteiger partial charge in [-0.2, -0.15) is 0 Å². The molecule has 0 spiro atoms. The van der Waals surface area contributed by atoms with Crippen LogP contribution in [0.4, 0.5) is 4.39 Å². The second kappa shape index (κ2) is 5.63. The minimum absolute atomic E-state index is 0.0863. The number of hydrogen-bond donors (Lipinski definition) is 2. The van der Waals surface area contributed by atoms with Crippen molar-refractivity contribution in [3.8, 4) is 0 Å². The Balaban J connectivity index is 2.09. The lowest BCUT2D eigenvalue weighted by atomic mass is 9.96. The van der Waals surface area contributed by atoms with Crippen LogP contribution in [-0.4, -0.2) is 21.1 Å². The van der Waals surface area contributed by atoms with E-state index in [1.54, 1.807) is 19.1 Å². The predicted molar refractivity (Wildman–Crippen MR) is 77.4 cm³/mol. The average Bonchev–Trinajstić information content (AvgIpc) is 2.88. The summed E-state index contributed by atoms with van der Waals surface area (Å²) in [5.41, 5.74) is 0.481. The van der Waals surface area contributed by atoms with E-state index in [-0.39, 0.29) is 23.1 Å². The maximum atomic E-state index is 13.2. The molecule has 1 aromatic heterocycles. The second-order valence-corrected chi connectivity index (χ2v) is 6.01. The zero-order valence-electron chi connectivity index (χ0n) is 12.6. The van der Waals surface area contributed by atoms with Crippen LogP contribution < -0.4 is 5.32 Å². The van der Waals surface area contributed by atoms with Crippen molar-refractivity contribution in [1.29, 1.82) is 0 Å². The van der Waals surface area contributed by atoms with E-state index in [2.05, 4.69) is 20.5 Å². The lowest BCUT2D eigenvalue weighted by molar-refractivity contribution is 0.0929. The molecule has 2 N–H and O–H groups in total. The maximum absolute atomic E-state index is 13.2. The highest BCUT2D eigenvalue weighted by Gasteiger charge is 2.22. The van der Waals surface area contributed by atoms with Gasteiger partial charge in [0, 0.05) is 5.41 Å². The minimum atomic E-state index is -0.390. The van der Waals surface area contributed by atoms with Crippen molar-refractivity contribution in [1.82, 2.24) is 20.5 Å². The third kappa shape index (κ3) is 3.65. The van der Waals surface area contributed by atoms with E-state index in [1.807, 2.05) is 20.8 Å². The molecule has 1 amide bonds. The van der Waals surface area contributed by atoms with Gasteiger partial charge in [-0.1, -0.05) is 32.9 Å². The van der Waals surface area contributed by atoms with E-state index in [9.17, 15) is 9.18 Å². The van der Waals surface area contributed by atoms with Gasteiger partial charge in [0.25, 0.3) is 5.91 Å². The van der Waals surface area contributed by atoms with Crippen molar-refractivity contribution in [3.63, 3.8) is 0 Å². The molecule has 112 valence electrons. The number of carbonyl (C=O) groups excluding carboxylic acids is 1. The third-order valence-electron chi connectivity index (χ3n) is 3.10. The van der Waals surface area contributed by atoms with Gasteiger partial charge < -0.3 is 5.32 Å². The molecule has 0 aliphatic carbocycles. The summed E-state index contributed by atoms with van der Waals surface area (Å²) >= 11 is 0. The van der Waals surface area contributed by atoms with Gasteiger partial charge in [-0.3, -0.25) is 9.89 Å². The number of benzene rings is 1. The Morgan fingerprint density at radius 2 is 2.10 bits per heavy atom. The van der Waals surface area contributed by atoms with E-state index in [0.29, 0.717) is 11.4 Å². The van der Waals surface area contributed by atoms with Crippen LogP contribution in [0, 0.1) is 5.82 Å². The SMILES string of the molecule is CC(NC(=O)c1n[nH]c(C(C)(C)C)n1)c1cccc(F)c1. The van der Waals surface area contributed by atoms with Crippen LogP contribution in [0.2, 0.25) is 0 Å². The van der Waals surface area contributed by atoms with Gasteiger partial charge in [0.15, 0.2) is 0 Å². The quantitative estimate of drug-likeness (QED) is 0.913. The molecule has 2 aromatic rings. The molecule has 5 nitrogen and oxygen atoms in total. The number of hydrogen-bond acceptors (Lipinski definition) is 3. The van der Waals surface area contributed by atoms with Gasteiger partial charge in [-0.15, -0.1) is 5.10 Å². The van der Waals surface area contributed by atoms with E-state index >= 15 is 0 Å². The van der Waals surface area contributed by atoms with Crippen LogP contribution in [0.3, 0.4) is 0 Å². The molecule has 21 heavy (non-hydrogen) atoms. The van der Waals surface area contributed by atoms with Crippen molar-refractivity contribution in [2.45, 2.75) is 39.2 Å². The molecular weight excluding hydrogens is 271 g/mol. The summed E-state index contributed by atoms with van der Waals surface area (Å²) in [7, 11) is 0. The molecule has 1 heterocycles. The van der Waals surface area contributed by atoms with Gasteiger partial charge in [0.2, 0.25) is 5.82 Å². The van der Waals surface area contributed by atoms with E-state index in [1.165, 1.54) is 12.1 Å². The number of nitrogens with one attached hydrogen (secondary N) is 2. The fourth-order valence-corrected chi connectivity index (χ4v) is 1.82. The third-order valence-corrected chi connectivity index (χ3v) is 3.10. The Bertz CT molecular complexity index is 645. The fraction of sp³-hybridized carbons (Fsp3) is 0.400. The summed E-state index contributed by atoms with van der Waals surface area (Å²) in [4.78, 5) is 16.3. The van der Waals surface area contributed by atoms with E-state index < -0.39 is 5.91 Å². The average molecular weight is 290 g/mol. The van der Waals surface area contributed by atoms with Crippen molar-refractivity contribution >= 4 is 5.91 Å². The zero-order chi connectivity index (χ0) is 15.6. The number of carbonyl (C=O) groups is 1. The Morgan fingerprint density at radius 1 is 1.38 bits per heavy atom. The van der Waals surface area contributed by atoms with Gasteiger partial charge >= 0.3 is 0 Å². The Kier molecular flexibility index (Phi) is 4.06. The summed E-state index contributed by atoms with van der Waals surface area (Å²) in [5, 5.41) is 9.45. The molecule has 0 saturated carbocycles. The fourth-order valence-electron chi connectivity index (χ4n) is 1.82. The summed E-state index contributed by atoms with van der Waals surface area (Å²) in [5.74, 6) is 0.00857. The van der Waals surface area contributed by atoms with Crippen LogP contribution in [0.15, 0.2) is 24.3 Å². The molecular formula is C15H19FN4O. The van der Waals surface area contributed by atoms with E-state index in [4.69, 9.17) is 0 Å². The first-order valence-corrected chi connectivity index (χ1v) is 6.76. The lowest BCUT2D eigenvalue weighted by Gasteiger charge is -2.14. The Morgan fingerprint density at radius 3 is 2.67 bits per heavy atom. The molecule has 2 rings (SSSR count). The van der Waals surface area contributed by atoms with Gasteiger partial charge in [-0.25, -0.2) is 9.37 Å². The van der Waals surface area contributed by atoms with Crippen LogP contribution in [-0.2, 0) is 5.41 Å². The number of amides is 1. The van der Waals surface area contributed by atoms with Crippen molar-refractivity contribution in [3.05, 3.63) is 47.3 Å². The number of aromatic nitrogens is 3. The molecule has 1 aromatic carbocycles. The summed E-state index contributed by atoms with van der Waals surface area (Å²) in [6.07, 6.45) is 0. The zero-order valence-corrected chi connectivity index (χ0v) is 12.6. The lowest BCUT2D eigenvalue weighted by Crippen LogP contribution is -2.27. The topological polar surface area (TPSA) is 70.7 Å². The van der Waals surface area contributed by atoms with Crippen molar-refractivity contribution < 1.29 is 9.18 Å². The molecule has 0 aliphatic heterocycles. The molecule has 0 bridgehead atoms. The molecule has 1 atom stereocenters. The van der Waals surface area contributed by atoms with Gasteiger partial charge in [0.1, 0.15) is 11.6 Å². The molecule has 0 aliphatic rings. The molecule has 6 heteroatoms. The number of halogens is 1. The Hall–Kier alpha value is -2.24. The first-order chi connectivity index (χ1) is 9.77. The number of aromatic amines is 1. The first kappa shape index (κ1) is 15.2.